The van der Waals surface area contributed by atoms with E-state index in [1.807, 2.05) is 27.7 Å². The summed E-state index contributed by atoms with van der Waals surface area (Å²) in [5.74, 6) is -0.338. The number of nitrogens with zero attached hydrogens (tertiary/aromatic N) is 1. The number of rotatable bonds is 1. The molecule has 1 spiro atoms. The Morgan fingerprint density at radius 2 is 1.69 bits per heavy atom. The van der Waals surface area contributed by atoms with Crippen LogP contribution in [-0.4, -0.2) is 46.4 Å². The van der Waals surface area contributed by atoms with Gasteiger partial charge in [-0.3, -0.25) is 4.79 Å². The minimum Gasteiger partial charge on any atom is -0.443 e. The molecular formula is C19H30BNO5. The van der Waals surface area contributed by atoms with Crippen molar-refractivity contribution in [3.63, 3.8) is 0 Å². The number of carbonyl (C=O) groups is 2. The van der Waals surface area contributed by atoms with Gasteiger partial charge in [-0.2, -0.15) is 0 Å². The Balaban J connectivity index is 1.86. The molecule has 7 heteroatoms. The van der Waals surface area contributed by atoms with E-state index in [4.69, 9.17) is 14.0 Å². The monoisotopic (exact) mass is 363 g/mol. The SMILES string of the molecule is CC(C)(C)OC(=O)N1C(=O)C=C(B2OC(C)(C)C(C)(C)O2)CC12CCC2. The van der Waals surface area contributed by atoms with Crippen LogP contribution in [0.5, 0.6) is 0 Å². The normalized spacial score (nSPS) is 26.6. The minimum atomic E-state index is -0.641. The van der Waals surface area contributed by atoms with Crippen LogP contribution >= 0.6 is 0 Å². The maximum absolute atomic E-state index is 12.9. The summed E-state index contributed by atoms with van der Waals surface area (Å²) in [5, 5.41) is 0. The summed E-state index contributed by atoms with van der Waals surface area (Å²) >= 11 is 0. The lowest BCUT2D eigenvalue weighted by molar-refractivity contribution is -0.136. The van der Waals surface area contributed by atoms with Gasteiger partial charge in [-0.1, -0.05) is 0 Å². The van der Waals surface area contributed by atoms with E-state index in [9.17, 15) is 9.59 Å². The van der Waals surface area contributed by atoms with Gasteiger partial charge >= 0.3 is 13.2 Å². The number of amides is 2. The van der Waals surface area contributed by atoms with Crippen molar-refractivity contribution in [2.45, 2.75) is 96.5 Å². The van der Waals surface area contributed by atoms with Crippen LogP contribution in [0.2, 0.25) is 0 Å². The average Bonchev–Trinajstić information content (AvgIpc) is 2.62. The first-order chi connectivity index (χ1) is 11.8. The van der Waals surface area contributed by atoms with Gasteiger partial charge in [-0.15, -0.1) is 0 Å². The molecule has 2 aliphatic heterocycles. The summed E-state index contributed by atoms with van der Waals surface area (Å²) in [5.41, 5.74) is -1.26. The Kier molecular flexibility index (Phi) is 4.36. The number of hydrogen-bond donors (Lipinski definition) is 0. The average molecular weight is 363 g/mol. The molecule has 144 valence electrons. The molecule has 0 radical (unpaired) electrons. The molecule has 6 nitrogen and oxygen atoms in total. The van der Waals surface area contributed by atoms with Crippen LogP contribution in [0, 0.1) is 0 Å². The van der Waals surface area contributed by atoms with E-state index in [-0.39, 0.29) is 5.91 Å². The van der Waals surface area contributed by atoms with Crippen molar-refractivity contribution in [1.29, 1.82) is 0 Å². The zero-order chi connectivity index (χ0) is 19.5. The third kappa shape index (κ3) is 3.20. The van der Waals surface area contributed by atoms with Gasteiger partial charge < -0.3 is 14.0 Å². The Hall–Kier alpha value is -1.34. The number of imide groups is 1. The van der Waals surface area contributed by atoms with Crippen molar-refractivity contribution in [1.82, 2.24) is 4.90 Å². The molecule has 2 heterocycles. The first-order valence-corrected chi connectivity index (χ1v) is 9.40. The summed E-state index contributed by atoms with van der Waals surface area (Å²) < 4.78 is 17.7. The maximum Gasteiger partial charge on any atom is 0.490 e. The Morgan fingerprint density at radius 3 is 2.12 bits per heavy atom. The quantitative estimate of drug-likeness (QED) is 0.666. The fourth-order valence-electron chi connectivity index (χ4n) is 3.69. The van der Waals surface area contributed by atoms with Gasteiger partial charge in [0.25, 0.3) is 5.91 Å². The van der Waals surface area contributed by atoms with Crippen LogP contribution in [0.1, 0.15) is 74.1 Å². The molecule has 0 bridgehead atoms. The van der Waals surface area contributed by atoms with E-state index in [0.717, 1.165) is 24.7 Å². The van der Waals surface area contributed by atoms with Gasteiger partial charge in [-0.25, -0.2) is 9.69 Å². The lowest BCUT2D eigenvalue weighted by atomic mass is 9.62. The van der Waals surface area contributed by atoms with E-state index < -0.39 is 35.6 Å². The third-order valence-corrected chi connectivity index (χ3v) is 5.95. The molecule has 3 rings (SSSR count). The predicted molar refractivity (Wildman–Crippen MR) is 98.4 cm³/mol. The van der Waals surface area contributed by atoms with E-state index in [0.29, 0.717) is 6.42 Å². The molecule has 0 unspecified atom stereocenters. The molecular weight excluding hydrogens is 333 g/mol. The Morgan fingerprint density at radius 1 is 1.15 bits per heavy atom. The van der Waals surface area contributed by atoms with Crippen molar-refractivity contribution in [2.75, 3.05) is 0 Å². The molecule has 1 saturated heterocycles. The first-order valence-electron chi connectivity index (χ1n) is 9.40. The molecule has 3 aliphatic rings. The fourth-order valence-corrected chi connectivity index (χ4v) is 3.69. The lowest BCUT2D eigenvalue weighted by Crippen LogP contribution is -2.61. The van der Waals surface area contributed by atoms with Crippen molar-refractivity contribution in [3.05, 3.63) is 11.5 Å². The summed E-state index contributed by atoms with van der Waals surface area (Å²) in [6, 6.07) is 0. The first kappa shape index (κ1) is 19.4. The summed E-state index contributed by atoms with van der Waals surface area (Å²) in [4.78, 5) is 26.8. The van der Waals surface area contributed by atoms with Gasteiger partial charge in [0.1, 0.15) is 5.60 Å². The molecule has 1 aliphatic carbocycles. The third-order valence-electron chi connectivity index (χ3n) is 5.95. The second-order valence-corrected chi connectivity index (χ2v) is 9.72. The van der Waals surface area contributed by atoms with Crippen LogP contribution in [-0.2, 0) is 18.8 Å². The Bertz CT molecular complexity index is 641. The number of carbonyl (C=O) groups excluding carboxylic acids is 2. The maximum atomic E-state index is 12.9. The second kappa shape index (κ2) is 5.83. The van der Waals surface area contributed by atoms with Crippen molar-refractivity contribution < 1.29 is 23.6 Å². The molecule has 2 amide bonds. The van der Waals surface area contributed by atoms with Gasteiger partial charge in [0.15, 0.2) is 0 Å². The molecule has 0 N–H and O–H groups in total. The lowest BCUT2D eigenvalue weighted by Gasteiger charge is -2.51. The smallest absolute Gasteiger partial charge is 0.443 e. The molecule has 0 aromatic heterocycles. The van der Waals surface area contributed by atoms with Gasteiger partial charge in [0, 0.05) is 0 Å². The zero-order valence-electron chi connectivity index (χ0n) is 17.0. The van der Waals surface area contributed by atoms with Gasteiger partial charge in [0.05, 0.1) is 16.7 Å². The molecule has 0 aromatic carbocycles. The van der Waals surface area contributed by atoms with Crippen LogP contribution in [0.25, 0.3) is 0 Å². The predicted octanol–water partition coefficient (Wildman–Crippen LogP) is 3.63. The largest absolute Gasteiger partial charge is 0.490 e. The van der Waals surface area contributed by atoms with Crippen LogP contribution in [0.15, 0.2) is 11.5 Å². The van der Waals surface area contributed by atoms with Gasteiger partial charge in [0.2, 0.25) is 0 Å². The van der Waals surface area contributed by atoms with Crippen LogP contribution in [0.4, 0.5) is 4.79 Å². The highest BCUT2D eigenvalue weighted by Crippen LogP contribution is 2.48. The summed E-state index contributed by atoms with van der Waals surface area (Å²) in [6.07, 6.45) is 4.07. The standard InChI is InChI=1S/C19H30BNO5/c1-16(2,3)24-15(23)21-14(22)11-13(12-19(21)9-8-10-19)20-25-17(4,5)18(6,7)26-20/h11H,8-10,12H2,1-7H3. The van der Waals surface area contributed by atoms with Gasteiger partial charge in [-0.05, 0) is 85.7 Å². The van der Waals surface area contributed by atoms with E-state index in [1.54, 1.807) is 20.8 Å². The number of hydrogen-bond acceptors (Lipinski definition) is 5. The van der Waals surface area contributed by atoms with E-state index >= 15 is 0 Å². The van der Waals surface area contributed by atoms with Crippen molar-refractivity contribution in [2.24, 2.45) is 0 Å². The minimum absolute atomic E-state index is 0.338. The topological polar surface area (TPSA) is 65.1 Å². The highest BCUT2D eigenvalue weighted by Gasteiger charge is 2.57. The van der Waals surface area contributed by atoms with Crippen LogP contribution < -0.4 is 0 Å². The molecule has 2 fully saturated rings. The summed E-state index contributed by atoms with van der Waals surface area (Å²) in [7, 11) is -0.554. The highest BCUT2D eigenvalue weighted by atomic mass is 16.7. The highest BCUT2D eigenvalue weighted by molar-refractivity contribution is 6.55. The van der Waals surface area contributed by atoms with Crippen molar-refractivity contribution in [3.8, 4) is 0 Å². The van der Waals surface area contributed by atoms with Crippen LogP contribution in [0.3, 0.4) is 0 Å². The van der Waals surface area contributed by atoms with E-state index in [2.05, 4.69) is 0 Å². The molecule has 0 aromatic rings. The Labute approximate surface area is 156 Å². The van der Waals surface area contributed by atoms with E-state index in [1.165, 1.54) is 11.0 Å². The molecule has 0 atom stereocenters. The zero-order valence-corrected chi connectivity index (χ0v) is 17.0. The second-order valence-electron chi connectivity index (χ2n) is 9.72. The fraction of sp³-hybridized carbons (Fsp3) is 0.789. The number of ether oxygens (including phenoxy) is 1. The molecule has 26 heavy (non-hydrogen) atoms. The van der Waals surface area contributed by atoms with Crippen molar-refractivity contribution >= 4 is 19.1 Å². The molecule has 1 saturated carbocycles. The summed E-state index contributed by atoms with van der Waals surface area (Å²) in [6.45, 7) is 13.4.